The van der Waals surface area contributed by atoms with E-state index in [-0.39, 0.29) is 0 Å². The maximum Gasteiger partial charge on any atom is 0.169 e. The van der Waals surface area contributed by atoms with Crippen LogP contribution in [-0.4, -0.2) is 0 Å². The highest BCUT2D eigenvalue weighted by atomic mass is 14.9. The smallest absolute Gasteiger partial charge is 0.169 e. The number of aromatic nitrogens is 1. The van der Waals surface area contributed by atoms with E-state index in [1.807, 2.05) is 0 Å². The van der Waals surface area contributed by atoms with Crippen molar-refractivity contribution in [2.75, 3.05) is 0 Å². The molecule has 1 heterocycles. The van der Waals surface area contributed by atoms with E-state index >= 15 is 0 Å². The lowest BCUT2D eigenvalue weighted by Gasteiger charge is -2.02. The molecule has 0 saturated heterocycles. The highest BCUT2D eigenvalue weighted by Gasteiger charge is 2.01. The molecule has 0 aromatic carbocycles. The van der Waals surface area contributed by atoms with Crippen LogP contribution < -0.4 is 4.57 Å². The van der Waals surface area contributed by atoms with E-state index in [9.17, 15) is 0 Å². The van der Waals surface area contributed by atoms with Gasteiger partial charge in [0.15, 0.2) is 12.4 Å². The minimum Gasteiger partial charge on any atom is -0.205 e. The van der Waals surface area contributed by atoms with Gasteiger partial charge in [0.2, 0.25) is 0 Å². The van der Waals surface area contributed by atoms with Crippen molar-refractivity contribution >= 4 is 0 Å². The average Bonchev–Trinajstić information content (AvgIpc) is 2.49. The molecule has 1 aromatic heterocycles. The largest absolute Gasteiger partial charge is 0.205 e. The number of pyridine rings is 1. The second kappa shape index (κ2) is 11.9. The first-order valence-corrected chi connectivity index (χ1v) is 8.84. The molecule has 0 aliphatic carbocycles. The summed E-state index contributed by atoms with van der Waals surface area (Å²) in [6.07, 6.45) is 19.5. The summed E-state index contributed by atoms with van der Waals surface area (Å²) in [4.78, 5) is 0. The zero-order chi connectivity index (χ0) is 14.5. The van der Waals surface area contributed by atoms with Gasteiger partial charge in [-0.2, -0.15) is 0 Å². The Balaban J connectivity index is 2.12. The quantitative estimate of drug-likeness (QED) is 0.353. The fraction of sp³-hybridized carbons (Fsp3) is 0.737. The predicted octanol–water partition coefficient (Wildman–Crippen LogP) is 5.46. The van der Waals surface area contributed by atoms with Crippen LogP contribution in [0.3, 0.4) is 0 Å². The van der Waals surface area contributed by atoms with Crippen LogP contribution in [0.4, 0.5) is 0 Å². The third-order valence-electron chi connectivity index (χ3n) is 4.05. The molecule has 0 saturated carbocycles. The Hall–Kier alpha value is -0.850. The van der Waals surface area contributed by atoms with Gasteiger partial charge < -0.3 is 0 Å². The van der Waals surface area contributed by atoms with Crippen LogP contribution in [0.2, 0.25) is 0 Å². The Kier molecular flexibility index (Phi) is 10.3. The molecule has 0 aliphatic heterocycles. The molecule has 0 bridgehead atoms. The van der Waals surface area contributed by atoms with Crippen molar-refractivity contribution in [1.82, 2.24) is 0 Å². The summed E-state index contributed by atoms with van der Waals surface area (Å²) in [6.45, 7) is 5.73. The number of unbranched alkanes of at least 4 members (excludes halogenated alkanes) is 8. The highest BCUT2D eigenvalue weighted by molar-refractivity contribution is 5.07. The van der Waals surface area contributed by atoms with Gasteiger partial charge in [0, 0.05) is 18.6 Å². The van der Waals surface area contributed by atoms with Crippen molar-refractivity contribution < 1.29 is 4.57 Å². The fourth-order valence-electron chi connectivity index (χ4n) is 2.63. The molecule has 114 valence electrons. The molecule has 1 heteroatoms. The average molecular weight is 276 g/mol. The Labute approximate surface area is 126 Å². The van der Waals surface area contributed by atoms with E-state index in [0.29, 0.717) is 0 Å². The number of nitrogens with zero attached hydrogens (tertiary/aromatic N) is 1. The first-order chi connectivity index (χ1) is 9.86. The normalized spacial score (nSPS) is 10.9. The van der Waals surface area contributed by atoms with E-state index in [1.54, 1.807) is 0 Å². The maximum atomic E-state index is 2.33. The van der Waals surface area contributed by atoms with Crippen molar-refractivity contribution in [1.29, 1.82) is 0 Å². The van der Waals surface area contributed by atoms with Crippen molar-refractivity contribution in [2.24, 2.45) is 0 Å². The molecule has 1 rings (SSSR count). The van der Waals surface area contributed by atoms with Crippen LogP contribution in [0.25, 0.3) is 0 Å². The standard InChI is InChI=1S/C19H34N/c1-3-5-7-9-10-11-13-19-14-17-20(18-15-19)16-12-8-6-4-2/h14-15,17-18H,3-13,16H2,1-2H3/q+1. The van der Waals surface area contributed by atoms with E-state index in [2.05, 4.69) is 42.9 Å². The summed E-state index contributed by atoms with van der Waals surface area (Å²) >= 11 is 0. The Morgan fingerprint density at radius 2 is 1.25 bits per heavy atom. The number of rotatable bonds is 12. The second-order valence-electron chi connectivity index (χ2n) is 6.02. The lowest BCUT2D eigenvalue weighted by atomic mass is 10.1. The molecule has 0 amide bonds. The number of aryl methyl sites for hydroxylation is 2. The lowest BCUT2D eigenvalue weighted by molar-refractivity contribution is -0.697. The SMILES string of the molecule is CCCCCCCCc1cc[n+](CCCCCC)cc1. The first kappa shape index (κ1) is 17.2. The van der Waals surface area contributed by atoms with Gasteiger partial charge in [0.25, 0.3) is 0 Å². The van der Waals surface area contributed by atoms with Crippen molar-refractivity contribution in [2.45, 2.75) is 91.0 Å². The summed E-state index contributed by atoms with van der Waals surface area (Å²) in [5.74, 6) is 0. The van der Waals surface area contributed by atoms with Gasteiger partial charge in [-0.1, -0.05) is 58.8 Å². The third-order valence-corrected chi connectivity index (χ3v) is 4.05. The summed E-state index contributed by atoms with van der Waals surface area (Å²) in [5, 5.41) is 0. The molecule has 0 N–H and O–H groups in total. The van der Waals surface area contributed by atoms with Crippen LogP contribution in [-0.2, 0) is 13.0 Å². The molecule has 0 unspecified atom stereocenters. The number of hydrogen-bond donors (Lipinski definition) is 0. The van der Waals surface area contributed by atoms with Gasteiger partial charge in [0.05, 0.1) is 0 Å². The molecule has 0 atom stereocenters. The molecule has 0 fully saturated rings. The van der Waals surface area contributed by atoms with Gasteiger partial charge in [-0.05, 0) is 24.8 Å². The zero-order valence-electron chi connectivity index (χ0n) is 13.7. The third kappa shape index (κ3) is 8.35. The van der Waals surface area contributed by atoms with E-state index < -0.39 is 0 Å². The van der Waals surface area contributed by atoms with Gasteiger partial charge >= 0.3 is 0 Å². The first-order valence-electron chi connectivity index (χ1n) is 8.84. The Bertz CT molecular complexity index is 315. The topological polar surface area (TPSA) is 3.88 Å². The molecular weight excluding hydrogens is 242 g/mol. The van der Waals surface area contributed by atoms with E-state index in [4.69, 9.17) is 0 Å². The summed E-state index contributed by atoms with van der Waals surface area (Å²) in [6, 6.07) is 4.62. The van der Waals surface area contributed by atoms with Gasteiger partial charge in [-0.3, -0.25) is 0 Å². The molecule has 0 aliphatic rings. The van der Waals surface area contributed by atoms with Crippen LogP contribution >= 0.6 is 0 Å². The van der Waals surface area contributed by atoms with E-state index in [1.165, 1.54) is 82.7 Å². The molecule has 0 radical (unpaired) electrons. The molecule has 0 spiro atoms. The highest BCUT2D eigenvalue weighted by Crippen LogP contribution is 2.09. The number of hydrogen-bond acceptors (Lipinski definition) is 0. The molecule has 20 heavy (non-hydrogen) atoms. The van der Waals surface area contributed by atoms with Gasteiger partial charge in [-0.15, -0.1) is 0 Å². The lowest BCUT2D eigenvalue weighted by Crippen LogP contribution is -2.32. The second-order valence-corrected chi connectivity index (χ2v) is 6.02. The molecule has 1 nitrogen and oxygen atoms in total. The van der Waals surface area contributed by atoms with Crippen LogP contribution in [0, 0.1) is 0 Å². The minimum atomic E-state index is 1.18. The maximum absolute atomic E-state index is 2.33. The van der Waals surface area contributed by atoms with Crippen LogP contribution in [0.1, 0.15) is 83.6 Å². The Morgan fingerprint density at radius 1 is 0.700 bits per heavy atom. The molecular formula is C19H34N+. The summed E-state index contributed by atoms with van der Waals surface area (Å²) < 4.78 is 2.33. The van der Waals surface area contributed by atoms with Crippen molar-refractivity contribution in [3.05, 3.63) is 30.1 Å². The minimum absolute atomic E-state index is 1.18. The Morgan fingerprint density at radius 3 is 1.90 bits per heavy atom. The van der Waals surface area contributed by atoms with Crippen LogP contribution in [0.15, 0.2) is 24.5 Å². The van der Waals surface area contributed by atoms with Gasteiger partial charge in [0.1, 0.15) is 6.54 Å². The predicted molar refractivity (Wildman–Crippen MR) is 87.9 cm³/mol. The zero-order valence-corrected chi connectivity index (χ0v) is 13.7. The summed E-state index contributed by atoms with van der Waals surface area (Å²) in [5.41, 5.74) is 1.50. The monoisotopic (exact) mass is 276 g/mol. The van der Waals surface area contributed by atoms with Crippen molar-refractivity contribution in [3.63, 3.8) is 0 Å². The van der Waals surface area contributed by atoms with Crippen molar-refractivity contribution in [3.8, 4) is 0 Å². The van der Waals surface area contributed by atoms with E-state index in [0.717, 1.165) is 0 Å². The molecule has 1 aromatic rings. The fourth-order valence-corrected chi connectivity index (χ4v) is 2.63. The summed E-state index contributed by atoms with van der Waals surface area (Å²) in [7, 11) is 0. The van der Waals surface area contributed by atoms with Gasteiger partial charge in [-0.25, -0.2) is 4.57 Å². The van der Waals surface area contributed by atoms with Crippen LogP contribution in [0.5, 0.6) is 0 Å².